The number of rotatable bonds is 7. The molecular formula is C12H24O3Si. The summed E-state index contributed by atoms with van der Waals surface area (Å²) in [7, 11) is -0.669. The van der Waals surface area contributed by atoms with Gasteiger partial charge in [-0.15, -0.1) is 0 Å². The van der Waals surface area contributed by atoms with Crippen LogP contribution >= 0.6 is 0 Å². The molecule has 2 aliphatic heterocycles. The van der Waals surface area contributed by atoms with Crippen LogP contribution in [-0.4, -0.2) is 47.1 Å². The summed E-state index contributed by atoms with van der Waals surface area (Å²) < 4.78 is 16.5. The van der Waals surface area contributed by atoms with Crippen LogP contribution in [0.3, 0.4) is 0 Å². The Labute approximate surface area is 100 Å². The molecule has 3 unspecified atom stereocenters. The molecule has 94 valence electrons. The SMILES string of the molecule is C[SiH](CCCOCC1CO1)C1CCCCO1. The van der Waals surface area contributed by atoms with Gasteiger partial charge in [-0.05, 0) is 25.7 Å². The van der Waals surface area contributed by atoms with Gasteiger partial charge in [0, 0.05) is 18.9 Å². The second-order valence-electron chi connectivity index (χ2n) is 5.05. The Morgan fingerprint density at radius 3 is 2.88 bits per heavy atom. The highest BCUT2D eigenvalue weighted by Crippen LogP contribution is 2.18. The van der Waals surface area contributed by atoms with Gasteiger partial charge in [0.05, 0.1) is 22.0 Å². The largest absolute Gasteiger partial charge is 0.382 e. The van der Waals surface area contributed by atoms with E-state index in [-0.39, 0.29) is 0 Å². The van der Waals surface area contributed by atoms with Gasteiger partial charge in [0.25, 0.3) is 0 Å². The molecule has 3 nitrogen and oxygen atoms in total. The minimum Gasteiger partial charge on any atom is -0.382 e. The number of hydrogen-bond acceptors (Lipinski definition) is 3. The molecule has 2 aliphatic rings. The maximum absolute atomic E-state index is 5.85. The lowest BCUT2D eigenvalue weighted by atomic mass is 10.2. The Morgan fingerprint density at radius 2 is 2.19 bits per heavy atom. The van der Waals surface area contributed by atoms with Crippen LogP contribution in [0, 0.1) is 0 Å². The lowest BCUT2D eigenvalue weighted by Gasteiger charge is -2.27. The molecule has 0 aromatic heterocycles. The first kappa shape index (κ1) is 12.6. The van der Waals surface area contributed by atoms with E-state index in [4.69, 9.17) is 14.2 Å². The van der Waals surface area contributed by atoms with Crippen molar-refractivity contribution in [2.75, 3.05) is 26.4 Å². The quantitative estimate of drug-likeness (QED) is 0.388. The van der Waals surface area contributed by atoms with Crippen molar-refractivity contribution in [1.82, 2.24) is 0 Å². The summed E-state index contributed by atoms with van der Waals surface area (Å²) in [5, 5.41) is 0. The Bertz CT molecular complexity index is 191. The number of epoxide rings is 1. The van der Waals surface area contributed by atoms with Crippen molar-refractivity contribution in [3.63, 3.8) is 0 Å². The molecule has 0 spiro atoms. The lowest BCUT2D eigenvalue weighted by Crippen LogP contribution is -2.33. The second-order valence-corrected chi connectivity index (χ2v) is 8.33. The molecule has 2 heterocycles. The second kappa shape index (κ2) is 6.74. The van der Waals surface area contributed by atoms with Crippen LogP contribution in [0.25, 0.3) is 0 Å². The van der Waals surface area contributed by atoms with Gasteiger partial charge in [-0.3, -0.25) is 0 Å². The van der Waals surface area contributed by atoms with Crippen molar-refractivity contribution >= 4 is 8.80 Å². The van der Waals surface area contributed by atoms with Crippen LogP contribution in [0.15, 0.2) is 0 Å². The maximum atomic E-state index is 5.85. The van der Waals surface area contributed by atoms with Gasteiger partial charge in [-0.25, -0.2) is 0 Å². The Balaban J connectivity index is 1.47. The zero-order chi connectivity index (χ0) is 11.2. The van der Waals surface area contributed by atoms with E-state index in [0.29, 0.717) is 11.8 Å². The lowest BCUT2D eigenvalue weighted by molar-refractivity contribution is 0.0621. The summed E-state index contributed by atoms with van der Waals surface area (Å²) in [6.07, 6.45) is 5.57. The molecular weight excluding hydrogens is 220 g/mol. The van der Waals surface area contributed by atoms with Crippen LogP contribution in [0.2, 0.25) is 12.6 Å². The summed E-state index contributed by atoms with van der Waals surface area (Å²) in [6, 6.07) is 1.36. The molecule has 2 rings (SSSR count). The van der Waals surface area contributed by atoms with E-state index in [9.17, 15) is 0 Å². The van der Waals surface area contributed by atoms with Gasteiger partial charge in [0.15, 0.2) is 0 Å². The Morgan fingerprint density at radius 1 is 1.31 bits per heavy atom. The first-order valence-corrected chi connectivity index (χ1v) is 9.31. The maximum Gasteiger partial charge on any atom is 0.104 e. The van der Waals surface area contributed by atoms with Gasteiger partial charge in [0.2, 0.25) is 0 Å². The van der Waals surface area contributed by atoms with Crippen molar-refractivity contribution in [1.29, 1.82) is 0 Å². The first-order valence-electron chi connectivity index (χ1n) is 6.67. The van der Waals surface area contributed by atoms with E-state index in [1.54, 1.807) is 0 Å². The summed E-state index contributed by atoms with van der Waals surface area (Å²) >= 11 is 0. The van der Waals surface area contributed by atoms with Crippen LogP contribution in [-0.2, 0) is 14.2 Å². The summed E-state index contributed by atoms with van der Waals surface area (Å²) in [5.41, 5.74) is 0.639. The molecule has 0 bridgehead atoms. The molecule has 0 aromatic rings. The van der Waals surface area contributed by atoms with Gasteiger partial charge < -0.3 is 14.2 Å². The van der Waals surface area contributed by atoms with Crippen LogP contribution in [0.4, 0.5) is 0 Å². The van der Waals surface area contributed by atoms with Crippen LogP contribution in [0.5, 0.6) is 0 Å². The highest BCUT2D eigenvalue weighted by Gasteiger charge is 2.23. The van der Waals surface area contributed by atoms with E-state index < -0.39 is 8.80 Å². The third kappa shape index (κ3) is 4.53. The zero-order valence-corrected chi connectivity index (χ0v) is 11.5. The highest BCUT2D eigenvalue weighted by atomic mass is 28.3. The average molecular weight is 244 g/mol. The normalized spacial score (nSPS) is 31.3. The smallest absolute Gasteiger partial charge is 0.104 e. The molecule has 0 aromatic carbocycles. The number of ether oxygens (including phenoxy) is 3. The predicted octanol–water partition coefficient (Wildman–Crippen LogP) is 1.76. The molecule has 0 N–H and O–H groups in total. The van der Waals surface area contributed by atoms with Gasteiger partial charge >= 0.3 is 0 Å². The van der Waals surface area contributed by atoms with Crippen molar-refractivity contribution in [3.05, 3.63) is 0 Å². The summed E-state index contributed by atoms with van der Waals surface area (Å²) in [4.78, 5) is 0. The fourth-order valence-corrected chi connectivity index (χ4v) is 4.74. The fraction of sp³-hybridized carbons (Fsp3) is 1.00. The predicted molar refractivity (Wildman–Crippen MR) is 66.6 cm³/mol. The fourth-order valence-electron chi connectivity index (χ4n) is 2.29. The van der Waals surface area contributed by atoms with Gasteiger partial charge in [0.1, 0.15) is 6.10 Å². The van der Waals surface area contributed by atoms with E-state index in [1.165, 1.54) is 31.7 Å². The minimum atomic E-state index is -0.669. The zero-order valence-electron chi connectivity index (χ0n) is 10.3. The molecule has 3 atom stereocenters. The standard InChI is InChI=1S/C12H24O3Si/c1-16(12-5-2-3-7-14-12)8-4-6-13-9-11-10-15-11/h11-12,16H,2-10H2,1H3. The molecule has 4 heteroatoms. The minimum absolute atomic E-state index is 0.413. The first-order chi connectivity index (χ1) is 7.86. The summed E-state index contributed by atoms with van der Waals surface area (Å²) in [6.45, 7) is 6.05. The van der Waals surface area contributed by atoms with Crippen molar-refractivity contribution in [2.45, 2.75) is 50.1 Å². The monoisotopic (exact) mass is 244 g/mol. The Hall–Kier alpha value is 0.0969. The third-order valence-corrected chi connectivity index (χ3v) is 6.62. The van der Waals surface area contributed by atoms with E-state index in [2.05, 4.69) is 6.55 Å². The van der Waals surface area contributed by atoms with Crippen molar-refractivity contribution in [2.24, 2.45) is 0 Å². The summed E-state index contributed by atoms with van der Waals surface area (Å²) in [5.74, 6) is 0. The molecule has 2 fully saturated rings. The molecule has 2 saturated heterocycles. The average Bonchev–Trinajstić information content (AvgIpc) is 3.13. The van der Waals surface area contributed by atoms with E-state index >= 15 is 0 Å². The molecule has 0 radical (unpaired) electrons. The highest BCUT2D eigenvalue weighted by molar-refractivity contribution is 6.58. The van der Waals surface area contributed by atoms with Gasteiger partial charge in [-0.1, -0.05) is 12.6 Å². The van der Waals surface area contributed by atoms with Crippen LogP contribution < -0.4 is 0 Å². The Kier molecular flexibility index (Phi) is 5.29. The van der Waals surface area contributed by atoms with Gasteiger partial charge in [-0.2, -0.15) is 0 Å². The number of hydrogen-bond donors (Lipinski definition) is 0. The van der Waals surface area contributed by atoms with E-state index in [1.807, 2.05) is 0 Å². The molecule has 0 saturated carbocycles. The van der Waals surface area contributed by atoms with Crippen molar-refractivity contribution < 1.29 is 14.2 Å². The van der Waals surface area contributed by atoms with E-state index in [0.717, 1.165) is 26.4 Å². The molecule has 0 aliphatic carbocycles. The van der Waals surface area contributed by atoms with Crippen molar-refractivity contribution in [3.8, 4) is 0 Å². The topological polar surface area (TPSA) is 31.0 Å². The third-order valence-electron chi connectivity index (χ3n) is 3.50. The van der Waals surface area contributed by atoms with Crippen LogP contribution in [0.1, 0.15) is 25.7 Å². The molecule has 0 amide bonds. The molecule has 16 heavy (non-hydrogen) atoms.